The summed E-state index contributed by atoms with van der Waals surface area (Å²) in [6, 6.07) is 1.81. The van der Waals surface area contributed by atoms with Gasteiger partial charge in [-0.3, -0.25) is 0 Å². The second kappa shape index (κ2) is 11.2. The molecule has 1 heterocycles. The third kappa shape index (κ3) is 8.14. The van der Waals surface area contributed by atoms with Crippen LogP contribution in [0.1, 0.15) is 40.0 Å². The first-order chi connectivity index (χ1) is 10.7. The average molecular weight is 309 g/mol. The summed E-state index contributed by atoms with van der Waals surface area (Å²) in [6.07, 6.45) is 5.24. The monoisotopic (exact) mass is 309 g/mol. The van der Waals surface area contributed by atoms with Gasteiger partial charge in [-0.25, -0.2) is 4.98 Å². The number of ether oxygens (including phenoxy) is 1. The van der Waals surface area contributed by atoms with Crippen molar-refractivity contribution in [2.75, 3.05) is 43.8 Å². The van der Waals surface area contributed by atoms with Crippen molar-refractivity contribution in [2.45, 2.75) is 46.1 Å². The predicted molar refractivity (Wildman–Crippen MR) is 92.0 cm³/mol. The molecule has 0 saturated heterocycles. The van der Waals surface area contributed by atoms with Crippen LogP contribution in [-0.4, -0.2) is 53.8 Å². The number of nitrogens with one attached hydrogen (secondary N) is 1. The van der Waals surface area contributed by atoms with Gasteiger partial charge in [-0.2, -0.15) is 4.98 Å². The van der Waals surface area contributed by atoms with Crippen molar-refractivity contribution in [1.82, 2.24) is 14.9 Å². The zero-order chi connectivity index (χ0) is 16.2. The molecule has 0 bridgehead atoms. The Morgan fingerprint density at radius 2 is 2.09 bits per heavy atom. The van der Waals surface area contributed by atoms with E-state index >= 15 is 0 Å². The summed E-state index contributed by atoms with van der Waals surface area (Å²) in [5.41, 5.74) is 5.53. The van der Waals surface area contributed by atoms with Gasteiger partial charge < -0.3 is 20.7 Å². The smallest absolute Gasteiger partial charge is 0.221 e. The SMILES string of the molecule is CCN(CC)CCCC(C)OCCCNc1ccnc(N)n1. The van der Waals surface area contributed by atoms with Crippen molar-refractivity contribution in [2.24, 2.45) is 0 Å². The van der Waals surface area contributed by atoms with E-state index in [-0.39, 0.29) is 0 Å². The molecule has 3 N–H and O–H groups in total. The van der Waals surface area contributed by atoms with E-state index < -0.39 is 0 Å². The highest BCUT2D eigenvalue weighted by Gasteiger charge is 2.04. The van der Waals surface area contributed by atoms with Gasteiger partial charge in [0.25, 0.3) is 0 Å². The molecule has 0 fully saturated rings. The summed E-state index contributed by atoms with van der Waals surface area (Å²) in [5.74, 6) is 1.06. The van der Waals surface area contributed by atoms with E-state index in [9.17, 15) is 0 Å². The molecule has 0 aromatic carbocycles. The highest BCUT2D eigenvalue weighted by Crippen LogP contribution is 2.05. The maximum absolute atomic E-state index is 5.84. The Hall–Kier alpha value is -1.40. The summed E-state index contributed by atoms with van der Waals surface area (Å²) in [5, 5.41) is 3.21. The highest BCUT2D eigenvalue weighted by atomic mass is 16.5. The third-order valence-corrected chi connectivity index (χ3v) is 3.68. The summed E-state index contributed by atoms with van der Waals surface area (Å²) in [7, 11) is 0. The fourth-order valence-electron chi connectivity index (χ4n) is 2.27. The molecule has 6 heteroatoms. The number of nitrogen functional groups attached to an aromatic ring is 1. The average Bonchev–Trinajstić information content (AvgIpc) is 2.51. The second-order valence-electron chi connectivity index (χ2n) is 5.43. The van der Waals surface area contributed by atoms with Crippen molar-refractivity contribution in [3.05, 3.63) is 12.3 Å². The molecule has 1 aromatic heterocycles. The van der Waals surface area contributed by atoms with E-state index in [0.717, 1.165) is 51.4 Å². The summed E-state index contributed by atoms with van der Waals surface area (Å²) in [6.45, 7) is 11.6. The molecule has 0 aliphatic heterocycles. The number of aromatic nitrogens is 2. The predicted octanol–water partition coefficient (Wildman–Crippen LogP) is 2.39. The molecule has 126 valence electrons. The van der Waals surface area contributed by atoms with E-state index in [1.807, 2.05) is 6.07 Å². The molecular weight excluding hydrogens is 278 g/mol. The van der Waals surface area contributed by atoms with Crippen LogP contribution in [0.2, 0.25) is 0 Å². The van der Waals surface area contributed by atoms with E-state index in [4.69, 9.17) is 10.5 Å². The standard InChI is InChI=1S/C16H31N5O/c1-4-21(5-2)12-6-8-14(3)22-13-7-10-18-15-9-11-19-16(17)20-15/h9,11,14H,4-8,10,12-13H2,1-3H3,(H3,17,18,19,20). The maximum Gasteiger partial charge on any atom is 0.221 e. The largest absolute Gasteiger partial charge is 0.378 e. The van der Waals surface area contributed by atoms with Gasteiger partial charge in [-0.15, -0.1) is 0 Å². The molecule has 0 saturated carbocycles. The number of nitrogens with two attached hydrogens (primary N) is 1. The minimum absolute atomic E-state index is 0.295. The molecule has 0 radical (unpaired) electrons. The first kappa shape index (κ1) is 18.6. The van der Waals surface area contributed by atoms with Crippen molar-refractivity contribution in [3.63, 3.8) is 0 Å². The van der Waals surface area contributed by atoms with Crippen LogP contribution >= 0.6 is 0 Å². The van der Waals surface area contributed by atoms with Crippen molar-refractivity contribution < 1.29 is 4.74 Å². The van der Waals surface area contributed by atoms with Gasteiger partial charge in [0.05, 0.1) is 6.10 Å². The quantitative estimate of drug-likeness (QED) is 0.577. The Labute approximate surface area is 134 Å². The Morgan fingerprint density at radius 1 is 1.32 bits per heavy atom. The Balaban J connectivity index is 2.02. The van der Waals surface area contributed by atoms with Crippen LogP contribution in [0.15, 0.2) is 12.3 Å². The molecule has 0 spiro atoms. The summed E-state index contributed by atoms with van der Waals surface area (Å²) in [4.78, 5) is 10.4. The fraction of sp³-hybridized carbons (Fsp3) is 0.750. The molecule has 0 aliphatic carbocycles. The van der Waals surface area contributed by atoms with Crippen LogP contribution in [-0.2, 0) is 4.74 Å². The van der Waals surface area contributed by atoms with Gasteiger partial charge in [0, 0.05) is 19.3 Å². The van der Waals surface area contributed by atoms with Crippen LogP contribution < -0.4 is 11.1 Å². The second-order valence-corrected chi connectivity index (χ2v) is 5.43. The Bertz CT molecular complexity index is 398. The number of hydrogen-bond acceptors (Lipinski definition) is 6. The number of rotatable bonds is 12. The maximum atomic E-state index is 5.84. The normalized spacial score (nSPS) is 12.5. The van der Waals surface area contributed by atoms with Gasteiger partial charge in [0.1, 0.15) is 5.82 Å². The number of nitrogens with zero attached hydrogens (tertiary/aromatic N) is 3. The zero-order valence-electron chi connectivity index (χ0n) is 14.2. The number of anilines is 2. The molecular formula is C16H31N5O. The van der Waals surface area contributed by atoms with E-state index in [1.165, 1.54) is 6.42 Å². The lowest BCUT2D eigenvalue weighted by Crippen LogP contribution is -2.25. The van der Waals surface area contributed by atoms with Gasteiger partial charge in [-0.05, 0) is 51.9 Å². The fourth-order valence-corrected chi connectivity index (χ4v) is 2.27. The Kier molecular flexibility index (Phi) is 9.50. The first-order valence-corrected chi connectivity index (χ1v) is 8.32. The van der Waals surface area contributed by atoms with E-state index in [1.54, 1.807) is 6.20 Å². The highest BCUT2D eigenvalue weighted by molar-refractivity contribution is 5.36. The lowest BCUT2D eigenvalue weighted by Gasteiger charge is -2.19. The molecule has 1 unspecified atom stereocenters. The number of hydrogen-bond donors (Lipinski definition) is 2. The zero-order valence-corrected chi connectivity index (χ0v) is 14.2. The topological polar surface area (TPSA) is 76.3 Å². The molecule has 0 amide bonds. The van der Waals surface area contributed by atoms with Gasteiger partial charge in [0.15, 0.2) is 0 Å². The molecule has 1 rings (SSSR count). The summed E-state index contributed by atoms with van der Waals surface area (Å²) < 4.78 is 5.84. The van der Waals surface area contributed by atoms with Crippen LogP contribution in [0.5, 0.6) is 0 Å². The van der Waals surface area contributed by atoms with Gasteiger partial charge in [0.2, 0.25) is 5.95 Å². The first-order valence-electron chi connectivity index (χ1n) is 8.32. The lowest BCUT2D eigenvalue weighted by molar-refractivity contribution is 0.0568. The molecule has 1 atom stereocenters. The van der Waals surface area contributed by atoms with Crippen molar-refractivity contribution in [3.8, 4) is 0 Å². The molecule has 1 aromatic rings. The minimum atomic E-state index is 0.295. The van der Waals surface area contributed by atoms with Crippen molar-refractivity contribution in [1.29, 1.82) is 0 Å². The van der Waals surface area contributed by atoms with Gasteiger partial charge in [-0.1, -0.05) is 13.8 Å². The minimum Gasteiger partial charge on any atom is -0.378 e. The molecule has 22 heavy (non-hydrogen) atoms. The summed E-state index contributed by atoms with van der Waals surface area (Å²) >= 11 is 0. The van der Waals surface area contributed by atoms with E-state index in [2.05, 4.69) is 41.0 Å². The van der Waals surface area contributed by atoms with Crippen LogP contribution in [0.3, 0.4) is 0 Å². The molecule has 6 nitrogen and oxygen atoms in total. The van der Waals surface area contributed by atoms with Crippen LogP contribution in [0, 0.1) is 0 Å². The van der Waals surface area contributed by atoms with Gasteiger partial charge >= 0.3 is 0 Å². The van der Waals surface area contributed by atoms with E-state index in [0.29, 0.717) is 12.1 Å². The van der Waals surface area contributed by atoms with Crippen LogP contribution in [0.4, 0.5) is 11.8 Å². The van der Waals surface area contributed by atoms with Crippen molar-refractivity contribution >= 4 is 11.8 Å². The third-order valence-electron chi connectivity index (χ3n) is 3.68. The van der Waals surface area contributed by atoms with Crippen LogP contribution in [0.25, 0.3) is 0 Å². The molecule has 0 aliphatic rings. The lowest BCUT2D eigenvalue weighted by atomic mass is 10.2. The Morgan fingerprint density at radius 3 is 2.77 bits per heavy atom.